The Kier molecular flexibility index (Phi) is 6.94. The summed E-state index contributed by atoms with van der Waals surface area (Å²) in [5.74, 6) is -2.81. The number of ether oxygens (including phenoxy) is 1. The minimum atomic E-state index is -5.19. The number of fused-ring (bicyclic) bond motifs is 1. The number of benzene rings is 1. The number of rotatable bonds is 5. The molecule has 0 aliphatic carbocycles. The van der Waals surface area contributed by atoms with Gasteiger partial charge in [0.25, 0.3) is 5.91 Å². The van der Waals surface area contributed by atoms with Gasteiger partial charge in [0.2, 0.25) is 0 Å². The van der Waals surface area contributed by atoms with Crippen molar-refractivity contribution in [2.45, 2.75) is 19.5 Å². The Morgan fingerprint density at radius 2 is 1.92 bits per heavy atom. The van der Waals surface area contributed by atoms with Crippen molar-refractivity contribution in [1.29, 1.82) is 0 Å². The lowest BCUT2D eigenvalue weighted by molar-refractivity contribution is -0.199. The van der Waals surface area contributed by atoms with Crippen molar-refractivity contribution in [3.8, 4) is 11.3 Å². The number of alkyl halides is 3. The number of nitrogens with zero attached hydrogens (tertiary/aromatic N) is 3. The Balaban J connectivity index is 1.44. The zero-order valence-corrected chi connectivity index (χ0v) is 20.5. The molecule has 3 aromatic rings. The quantitative estimate of drug-likeness (QED) is 0.546. The summed E-state index contributed by atoms with van der Waals surface area (Å²) in [5.41, 5.74) is 4.68. The molecule has 1 saturated heterocycles. The standard InChI is InChI=1S/C27H25F3N4O4/c1-17-14-21(33-10-12-37-13-11-33)5-3-18(17)2-4-20-15-19(6-8-31-20)24-16-22-23(7-9-32-25(22)35)34(24)38-26(36)27(28,29)30/h2-6,8,14-16H,7,9-13H2,1H3,(H,32,35). The van der Waals surface area contributed by atoms with E-state index in [1.54, 1.807) is 18.2 Å². The van der Waals surface area contributed by atoms with Crippen LogP contribution in [0.1, 0.15) is 32.9 Å². The molecule has 0 atom stereocenters. The topological polar surface area (TPSA) is 85.7 Å². The minimum absolute atomic E-state index is 0.146. The van der Waals surface area contributed by atoms with Gasteiger partial charge in [0.15, 0.2) is 0 Å². The highest BCUT2D eigenvalue weighted by atomic mass is 19.4. The normalized spacial score (nSPS) is 15.9. The number of nitrogens with one attached hydrogen (secondary N) is 1. The number of amides is 1. The van der Waals surface area contributed by atoms with Crippen molar-refractivity contribution in [2.24, 2.45) is 0 Å². The fourth-order valence-corrected chi connectivity index (χ4v) is 4.53. The first-order valence-electron chi connectivity index (χ1n) is 12.1. The molecule has 1 aromatic carbocycles. The fraction of sp³-hybridized carbons (Fsp3) is 0.296. The van der Waals surface area contributed by atoms with E-state index in [1.165, 1.54) is 12.3 Å². The third-order valence-corrected chi connectivity index (χ3v) is 6.49. The summed E-state index contributed by atoms with van der Waals surface area (Å²) < 4.78 is 45.2. The van der Waals surface area contributed by atoms with Crippen LogP contribution in [0.15, 0.2) is 42.6 Å². The van der Waals surface area contributed by atoms with Crippen LogP contribution < -0.4 is 15.1 Å². The maximum absolute atomic E-state index is 13.0. The van der Waals surface area contributed by atoms with Gasteiger partial charge in [-0.3, -0.25) is 9.78 Å². The molecule has 2 aliphatic heterocycles. The number of morpholine rings is 1. The first-order valence-corrected chi connectivity index (χ1v) is 12.1. The van der Waals surface area contributed by atoms with Gasteiger partial charge in [-0.1, -0.05) is 12.1 Å². The molecule has 8 nitrogen and oxygen atoms in total. The number of anilines is 1. The highest BCUT2D eigenvalue weighted by Gasteiger charge is 2.43. The first kappa shape index (κ1) is 25.5. The van der Waals surface area contributed by atoms with Gasteiger partial charge in [0.1, 0.15) is 0 Å². The molecule has 1 N–H and O–H groups in total. The average molecular weight is 527 g/mol. The number of carbonyl (C=O) groups excluding carboxylic acids is 2. The van der Waals surface area contributed by atoms with Crippen LogP contribution in [0.5, 0.6) is 0 Å². The lowest BCUT2D eigenvalue weighted by atomic mass is 10.1. The Hall–Kier alpha value is -4.12. The SMILES string of the molecule is Cc1cc(N2CCOCC2)ccc1C=Cc1cc(-c2cc3c(n2OC(=O)C(F)(F)F)CCNC3=O)ccn1. The van der Waals surface area contributed by atoms with E-state index >= 15 is 0 Å². The van der Waals surface area contributed by atoms with Crippen molar-refractivity contribution < 1.29 is 32.3 Å². The second-order valence-electron chi connectivity index (χ2n) is 9.01. The van der Waals surface area contributed by atoms with E-state index in [0.717, 1.165) is 34.6 Å². The molecule has 38 heavy (non-hydrogen) atoms. The van der Waals surface area contributed by atoms with E-state index in [1.807, 2.05) is 19.1 Å². The summed E-state index contributed by atoms with van der Waals surface area (Å²) in [6, 6.07) is 10.9. The van der Waals surface area contributed by atoms with Gasteiger partial charge in [0.05, 0.1) is 35.9 Å². The molecule has 2 aromatic heterocycles. The molecule has 1 fully saturated rings. The molecule has 2 aliphatic rings. The Morgan fingerprint density at radius 1 is 1.13 bits per heavy atom. The average Bonchev–Trinajstić information content (AvgIpc) is 3.27. The van der Waals surface area contributed by atoms with Gasteiger partial charge in [-0.05, 0) is 54.5 Å². The van der Waals surface area contributed by atoms with Crippen molar-refractivity contribution in [3.05, 3.63) is 70.7 Å². The molecule has 5 rings (SSSR count). The molecule has 198 valence electrons. The lowest BCUT2D eigenvalue weighted by Gasteiger charge is -2.29. The molecular formula is C27H25F3N4O4. The Morgan fingerprint density at radius 3 is 2.66 bits per heavy atom. The zero-order chi connectivity index (χ0) is 26.9. The van der Waals surface area contributed by atoms with Crippen LogP contribution in [0, 0.1) is 6.92 Å². The van der Waals surface area contributed by atoms with Crippen molar-refractivity contribution in [2.75, 3.05) is 37.7 Å². The highest BCUT2D eigenvalue weighted by Crippen LogP contribution is 2.29. The second-order valence-corrected chi connectivity index (χ2v) is 9.01. The summed E-state index contributed by atoms with van der Waals surface area (Å²) in [4.78, 5) is 35.3. The molecule has 0 spiro atoms. The summed E-state index contributed by atoms with van der Waals surface area (Å²) in [6.45, 7) is 5.33. The molecule has 0 bridgehead atoms. The van der Waals surface area contributed by atoms with Gasteiger partial charge >= 0.3 is 12.1 Å². The first-order chi connectivity index (χ1) is 18.2. The molecule has 11 heteroatoms. The zero-order valence-electron chi connectivity index (χ0n) is 20.5. The smallest absolute Gasteiger partial charge is 0.378 e. The Bertz CT molecular complexity index is 1410. The number of aryl methyl sites for hydroxylation is 1. The van der Waals surface area contributed by atoms with Crippen LogP contribution in [0.25, 0.3) is 23.4 Å². The third kappa shape index (κ3) is 5.28. The van der Waals surface area contributed by atoms with Crippen molar-refractivity contribution in [1.82, 2.24) is 15.0 Å². The number of hydrogen-bond acceptors (Lipinski definition) is 6. The monoisotopic (exact) mass is 526 g/mol. The van der Waals surface area contributed by atoms with E-state index in [4.69, 9.17) is 9.57 Å². The van der Waals surface area contributed by atoms with Gasteiger partial charge in [0, 0.05) is 43.5 Å². The fourth-order valence-electron chi connectivity index (χ4n) is 4.53. The largest absolute Gasteiger partial charge is 0.493 e. The maximum Gasteiger partial charge on any atom is 0.493 e. The lowest BCUT2D eigenvalue weighted by Crippen LogP contribution is -2.37. The van der Waals surface area contributed by atoms with E-state index in [0.29, 0.717) is 24.5 Å². The molecule has 1 amide bonds. The van der Waals surface area contributed by atoms with Crippen LogP contribution in [-0.4, -0.2) is 60.6 Å². The summed E-state index contributed by atoms with van der Waals surface area (Å²) in [7, 11) is 0. The molecule has 0 radical (unpaired) electrons. The molecule has 0 saturated carbocycles. The van der Waals surface area contributed by atoms with E-state index in [9.17, 15) is 22.8 Å². The van der Waals surface area contributed by atoms with Gasteiger partial charge in [-0.2, -0.15) is 17.9 Å². The van der Waals surface area contributed by atoms with Gasteiger partial charge in [-0.25, -0.2) is 4.79 Å². The Labute approximate surface area is 216 Å². The number of pyridine rings is 1. The number of carbonyl (C=O) groups is 2. The number of halogens is 3. The van der Waals surface area contributed by atoms with E-state index in [2.05, 4.69) is 27.3 Å². The van der Waals surface area contributed by atoms with Crippen LogP contribution in [0.3, 0.4) is 0 Å². The predicted molar refractivity (Wildman–Crippen MR) is 134 cm³/mol. The predicted octanol–water partition coefficient (Wildman–Crippen LogP) is 3.67. The van der Waals surface area contributed by atoms with Crippen LogP contribution >= 0.6 is 0 Å². The van der Waals surface area contributed by atoms with Crippen LogP contribution in [0.4, 0.5) is 18.9 Å². The van der Waals surface area contributed by atoms with Crippen molar-refractivity contribution >= 4 is 29.7 Å². The molecule has 4 heterocycles. The molecule has 0 unspecified atom stereocenters. The minimum Gasteiger partial charge on any atom is -0.378 e. The van der Waals surface area contributed by atoms with Crippen LogP contribution in [0.2, 0.25) is 0 Å². The summed E-state index contributed by atoms with van der Waals surface area (Å²) >= 11 is 0. The van der Waals surface area contributed by atoms with Gasteiger partial charge in [-0.15, -0.1) is 0 Å². The number of aromatic nitrogens is 2. The third-order valence-electron chi connectivity index (χ3n) is 6.49. The second kappa shape index (κ2) is 10.3. The number of hydrogen-bond donors (Lipinski definition) is 1. The van der Waals surface area contributed by atoms with E-state index in [-0.39, 0.29) is 29.9 Å². The summed E-state index contributed by atoms with van der Waals surface area (Å²) in [5, 5.41) is 2.65. The molecular weight excluding hydrogens is 501 g/mol. The van der Waals surface area contributed by atoms with E-state index < -0.39 is 18.1 Å². The van der Waals surface area contributed by atoms with Gasteiger partial charge < -0.3 is 19.8 Å². The van der Waals surface area contributed by atoms with Crippen LogP contribution in [-0.2, 0) is 16.0 Å². The summed E-state index contributed by atoms with van der Waals surface area (Å²) in [6.07, 6.45) is 0.232. The highest BCUT2D eigenvalue weighted by molar-refractivity contribution is 5.98. The van der Waals surface area contributed by atoms with Crippen molar-refractivity contribution in [3.63, 3.8) is 0 Å². The maximum atomic E-state index is 13.0.